The summed E-state index contributed by atoms with van der Waals surface area (Å²) in [6.45, 7) is 6.40. The molecule has 1 saturated heterocycles. The van der Waals surface area contributed by atoms with E-state index in [0.717, 1.165) is 49.8 Å². The van der Waals surface area contributed by atoms with Crippen molar-refractivity contribution in [2.75, 3.05) is 26.2 Å². The fourth-order valence-corrected chi connectivity index (χ4v) is 6.08. The van der Waals surface area contributed by atoms with E-state index in [-0.39, 0.29) is 17.9 Å². The molecular formula is C27H38N4O2. The van der Waals surface area contributed by atoms with E-state index >= 15 is 0 Å². The summed E-state index contributed by atoms with van der Waals surface area (Å²) in [7, 11) is 0. The molecule has 1 saturated carbocycles. The molecule has 1 aromatic heterocycles. The van der Waals surface area contributed by atoms with Gasteiger partial charge < -0.3 is 19.7 Å². The maximum atomic E-state index is 13.8. The van der Waals surface area contributed by atoms with E-state index in [4.69, 9.17) is 0 Å². The number of hydrogen-bond acceptors (Lipinski definition) is 3. The molecule has 33 heavy (non-hydrogen) atoms. The largest absolute Gasteiger partial charge is 0.351 e. The molecular weight excluding hydrogens is 412 g/mol. The lowest BCUT2D eigenvalue weighted by Crippen LogP contribution is -2.65. The predicted molar refractivity (Wildman–Crippen MR) is 131 cm³/mol. The minimum atomic E-state index is -0.884. The van der Waals surface area contributed by atoms with Crippen LogP contribution in [0.3, 0.4) is 0 Å². The van der Waals surface area contributed by atoms with Crippen LogP contribution in [-0.2, 0) is 11.3 Å². The van der Waals surface area contributed by atoms with Crippen molar-refractivity contribution in [3.05, 3.63) is 36.0 Å². The summed E-state index contributed by atoms with van der Waals surface area (Å²) in [5.74, 6) is -0.0125. The van der Waals surface area contributed by atoms with E-state index in [1.54, 1.807) is 0 Å². The first kappa shape index (κ1) is 22.5. The molecule has 1 N–H and O–H groups in total. The number of fused-ring (bicyclic) bond motifs is 3. The lowest BCUT2D eigenvalue weighted by Gasteiger charge is -2.45. The van der Waals surface area contributed by atoms with Crippen molar-refractivity contribution >= 4 is 22.7 Å². The van der Waals surface area contributed by atoms with Crippen LogP contribution in [0.15, 0.2) is 30.3 Å². The second kappa shape index (κ2) is 9.49. The Balaban J connectivity index is 1.40. The third-order valence-electron chi connectivity index (χ3n) is 8.07. The van der Waals surface area contributed by atoms with Crippen LogP contribution in [0.25, 0.3) is 10.9 Å². The summed E-state index contributed by atoms with van der Waals surface area (Å²) in [5.41, 5.74) is 0.855. The number of hydrogen-bond donors (Lipinski definition) is 1. The lowest BCUT2D eigenvalue weighted by atomic mass is 9.91. The predicted octanol–water partition coefficient (Wildman–Crippen LogP) is 4.18. The van der Waals surface area contributed by atoms with Crippen LogP contribution in [0.5, 0.6) is 0 Å². The van der Waals surface area contributed by atoms with Gasteiger partial charge in [0.2, 0.25) is 5.91 Å². The van der Waals surface area contributed by atoms with Gasteiger partial charge in [0, 0.05) is 23.5 Å². The Bertz CT molecular complexity index is 1000. The van der Waals surface area contributed by atoms with Gasteiger partial charge in [-0.15, -0.1) is 0 Å². The fraction of sp³-hybridized carbons (Fsp3) is 0.630. The number of benzene rings is 1. The summed E-state index contributed by atoms with van der Waals surface area (Å²) in [4.78, 5) is 31.9. The van der Waals surface area contributed by atoms with Crippen molar-refractivity contribution in [1.82, 2.24) is 19.7 Å². The third kappa shape index (κ3) is 4.42. The van der Waals surface area contributed by atoms with Crippen molar-refractivity contribution < 1.29 is 9.59 Å². The molecule has 6 heteroatoms. The van der Waals surface area contributed by atoms with Gasteiger partial charge in [0.1, 0.15) is 11.2 Å². The monoisotopic (exact) mass is 450 g/mol. The minimum absolute atomic E-state index is 0.00385. The van der Waals surface area contributed by atoms with Crippen LogP contribution in [0, 0.1) is 0 Å². The number of likely N-dealkylation sites (tertiary alicyclic amines) is 1. The summed E-state index contributed by atoms with van der Waals surface area (Å²) >= 11 is 0. The van der Waals surface area contributed by atoms with E-state index in [9.17, 15) is 9.59 Å². The molecule has 1 aliphatic carbocycles. The third-order valence-corrected chi connectivity index (χ3v) is 8.07. The number of aromatic nitrogens is 1. The maximum absolute atomic E-state index is 13.8. The van der Waals surface area contributed by atoms with Gasteiger partial charge in [0.15, 0.2) is 0 Å². The van der Waals surface area contributed by atoms with Gasteiger partial charge in [0.25, 0.3) is 5.91 Å². The average molecular weight is 451 g/mol. The highest BCUT2D eigenvalue weighted by Crippen LogP contribution is 2.33. The summed E-state index contributed by atoms with van der Waals surface area (Å²) in [5, 5.41) is 4.40. The molecule has 0 spiro atoms. The van der Waals surface area contributed by atoms with Crippen LogP contribution < -0.4 is 5.32 Å². The second-order valence-electron chi connectivity index (χ2n) is 10.5. The van der Waals surface area contributed by atoms with Gasteiger partial charge in [-0.1, -0.05) is 43.9 Å². The number of para-hydroxylation sites is 1. The maximum Gasteiger partial charge on any atom is 0.271 e. The Hall–Kier alpha value is -2.34. The molecule has 0 bridgehead atoms. The number of nitrogens with one attached hydrogen (secondary N) is 1. The summed E-state index contributed by atoms with van der Waals surface area (Å²) in [6.07, 6.45) is 10.4. The molecule has 2 aliphatic heterocycles. The van der Waals surface area contributed by atoms with Crippen molar-refractivity contribution in [2.24, 2.45) is 0 Å². The van der Waals surface area contributed by atoms with Crippen molar-refractivity contribution in [3.8, 4) is 0 Å². The van der Waals surface area contributed by atoms with Gasteiger partial charge in [0.05, 0.1) is 6.54 Å². The van der Waals surface area contributed by atoms with Gasteiger partial charge in [-0.05, 0) is 70.8 Å². The Labute approximate surface area is 197 Å². The van der Waals surface area contributed by atoms with E-state index in [1.165, 1.54) is 38.5 Å². The topological polar surface area (TPSA) is 57.6 Å². The average Bonchev–Trinajstić information content (AvgIpc) is 3.21. The van der Waals surface area contributed by atoms with E-state index in [2.05, 4.69) is 20.9 Å². The Morgan fingerprint density at radius 3 is 2.55 bits per heavy atom. The summed E-state index contributed by atoms with van der Waals surface area (Å²) < 4.78 is 2.07. The molecule has 1 atom stereocenters. The number of rotatable bonds is 6. The highest BCUT2D eigenvalue weighted by molar-refractivity contribution is 6.03. The quantitative estimate of drug-likeness (QED) is 0.718. The van der Waals surface area contributed by atoms with Crippen LogP contribution in [0.2, 0.25) is 0 Å². The molecule has 2 fully saturated rings. The number of piperidine rings is 1. The second-order valence-corrected chi connectivity index (χ2v) is 10.5. The van der Waals surface area contributed by atoms with Crippen molar-refractivity contribution in [1.29, 1.82) is 0 Å². The molecule has 1 unspecified atom stereocenters. The number of carbonyl (C=O) groups excluding carboxylic acids is 2. The van der Waals surface area contributed by atoms with E-state index < -0.39 is 5.54 Å². The molecule has 2 amide bonds. The zero-order valence-electron chi connectivity index (χ0n) is 20.0. The molecule has 3 heterocycles. The fourth-order valence-electron chi connectivity index (χ4n) is 6.08. The van der Waals surface area contributed by atoms with Crippen LogP contribution >= 0.6 is 0 Å². The zero-order valence-corrected chi connectivity index (χ0v) is 20.0. The molecule has 5 rings (SSSR count). The van der Waals surface area contributed by atoms with E-state index in [1.807, 2.05) is 36.1 Å². The van der Waals surface area contributed by atoms with Gasteiger partial charge in [-0.3, -0.25) is 9.59 Å². The number of carbonyl (C=O) groups is 2. The molecule has 178 valence electrons. The molecule has 2 aromatic rings. The van der Waals surface area contributed by atoms with Crippen LogP contribution in [0.4, 0.5) is 0 Å². The molecule has 6 nitrogen and oxygen atoms in total. The Kier molecular flexibility index (Phi) is 6.46. The van der Waals surface area contributed by atoms with E-state index in [0.29, 0.717) is 18.8 Å². The first-order chi connectivity index (χ1) is 16.1. The number of amides is 2. The van der Waals surface area contributed by atoms with Gasteiger partial charge >= 0.3 is 0 Å². The van der Waals surface area contributed by atoms with Crippen LogP contribution in [0.1, 0.15) is 75.2 Å². The van der Waals surface area contributed by atoms with Crippen molar-refractivity contribution in [3.63, 3.8) is 0 Å². The smallest absolute Gasteiger partial charge is 0.271 e. The Morgan fingerprint density at radius 1 is 1.03 bits per heavy atom. The zero-order chi connectivity index (χ0) is 22.8. The first-order valence-corrected chi connectivity index (χ1v) is 13.0. The molecule has 1 aromatic carbocycles. The van der Waals surface area contributed by atoms with Gasteiger partial charge in [-0.25, -0.2) is 0 Å². The highest BCUT2D eigenvalue weighted by Gasteiger charge is 2.47. The van der Waals surface area contributed by atoms with Crippen LogP contribution in [-0.4, -0.2) is 63.9 Å². The minimum Gasteiger partial charge on any atom is -0.351 e. The standard InChI is InChI=1S/C27H38N4O2/c1-27(26(33)28-22-12-4-2-5-13-22)20-30-23-14-7-6-11-21(23)19-24(30)25(32)31(27)18-10-17-29-15-8-3-9-16-29/h6-7,11,14,19,22H,2-5,8-10,12-13,15-18,20H2,1H3,(H,28,33). The summed E-state index contributed by atoms with van der Waals surface area (Å²) in [6, 6.07) is 10.3. The highest BCUT2D eigenvalue weighted by atomic mass is 16.2. The lowest BCUT2D eigenvalue weighted by molar-refractivity contribution is -0.133. The van der Waals surface area contributed by atoms with Crippen molar-refractivity contribution in [2.45, 2.75) is 82.8 Å². The first-order valence-electron chi connectivity index (χ1n) is 13.0. The molecule has 3 aliphatic rings. The normalized spacial score (nSPS) is 24.8. The van der Waals surface area contributed by atoms with Gasteiger partial charge in [-0.2, -0.15) is 0 Å². The SMILES string of the molecule is CC1(C(=O)NC2CCCCC2)Cn2c(cc3ccccc32)C(=O)N1CCCN1CCCCC1. The molecule has 0 radical (unpaired) electrons. The number of nitrogens with zero attached hydrogens (tertiary/aromatic N) is 3. The Morgan fingerprint density at radius 2 is 1.76 bits per heavy atom.